The van der Waals surface area contributed by atoms with Gasteiger partial charge in [0.15, 0.2) is 0 Å². The highest BCUT2D eigenvalue weighted by molar-refractivity contribution is 6.62. The average Bonchev–Trinajstić information content (AvgIpc) is 3.03. The van der Waals surface area contributed by atoms with E-state index in [9.17, 15) is 9.59 Å². The quantitative estimate of drug-likeness (QED) is 0.608. The van der Waals surface area contributed by atoms with Crippen LogP contribution in [-0.2, 0) is 15.7 Å². The predicted octanol–water partition coefficient (Wildman–Crippen LogP) is 2.82. The molecule has 5 nitrogen and oxygen atoms in total. The maximum absolute atomic E-state index is 12.5. The van der Waals surface area contributed by atoms with Crippen LogP contribution >= 0.6 is 0 Å². The Hall–Kier alpha value is -2.44. The lowest BCUT2D eigenvalue weighted by atomic mass is 9.79. The van der Waals surface area contributed by atoms with Crippen molar-refractivity contribution in [1.82, 2.24) is 4.90 Å². The van der Waals surface area contributed by atoms with Crippen molar-refractivity contribution < 1.29 is 18.9 Å². The minimum Gasteiger partial charge on any atom is -0.399 e. The molecule has 1 fully saturated rings. The molecule has 0 radical (unpaired) electrons. The van der Waals surface area contributed by atoms with E-state index in [0.29, 0.717) is 24.1 Å². The molecular weight excluding hydrogens is 353 g/mol. The minimum absolute atomic E-state index is 0.213. The molecule has 6 heteroatoms. The summed E-state index contributed by atoms with van der Waals surface area (Å²) in [6.45, 7) is 8.49. The van der Waals surface area contributed by atoms with E-state index in [1.807, 2.05) is 52.0 Å². The van der Waals surface area contributed by atoms with E-state index in [2.05, 4.69) is 0 Å². The Labute approximate surface area is 165 Å². The zero-order chi connectivity index (χ0) is 20.1. The summed E-state index contributed by atoms with van der Waals surface area (Å²) in [5.74, 6) is -0.427. The first kappa shape index (κ1) is 18.9. The lowest BCUT2D eigenvalue weighted by Crippen LogP contribution is -2.41. The number of nitrogens with zero attached hydrogens (tertiary/aromatic N) is 1. The number of hydrogen-bond acceptors (Lipinski definition) is 4. The fourth-order valence-corrected chi connectivity index (χ4v) is 3.50. The maximum Gasteiger partial charge on any atom is 0.494 e. The first-order chi connectivity index (χ1) is 13.2. The van der Waals surface area contributed by atoms with Crippen LogP contribution in [0.25, 0.3) is 0 Å². The number of imide groups is 1. The molecule has 2 amide bonds. The monoisotopic (exact) mass is 377 g/mol. The Kier molecular flexibility index (Phi) is 4.44. The maximum atomic E-state index is 12.5. The van der Waals surface area contributed by atoms with E-state index in [-0.39, 0.29) is 23.0 Å². The number of carbonyl (C=O) groups excluding carboxylic acids is 2. The van der Waals surface area contributed by atoms with Crippen LogP contribution in [0, 0.1) is 0 Å². The van der Waals surface area contributed by atoms with E-state index < -0.39 is 7.12 Å². The molecule has 4 rings (SSSR count). The zero-order valence-electron chi connectivity index (χ0n) is 16.7. The van der Waals surface area contributed by atoms with Crippen LogP contribution in [0.1, 0.15) is 54.0 Å². The van der Waals surface area contributed by atoms with E-state index in [1.54, 1.807) is 24.3 Å². The lowest BCUT2D eigenvalue weighted by Gasteiger charge is -2.32. The molecule has 2 heterocycles. The highest BCUT2D eigenvalue weighted by Crippen LogP contribution is 2.36. The van der Waals surface area contributed by atoms with Gasteiger partial charge in [-0.2, -0.15) is 0 Å². The Bertz CT molecular complexity index is 885. The molecule has 0 N–H and O–H groups in total. The van der Waals surface area contributed by atoms with Crippen LogP contribution in [-0.4, -0.2) is 41.6 Å². The van der Waals surface area contributed by atoms with Crippen LogP contribution < -0.4 is 5.46 Å². The van der Waals surface area contributed by atoms with Crippen molar-refractivity contribution in [3.63, 3.8) is 0 Å². The summed E-state index contributed by atoms with van der Waals surface area (Å²) in [6.07, 6.45) is 0.606. The summed E-state index contributed by atoms with van der Waals surface area (Å²) in [6, 6.07) is 14.9. The molecule has 0 aliphatic carbocycles. The summed E-state index contributed by atoms with van der Waals surface area (Å²) in [7, 11) is -0.393. The Morgan fingerprint density at radius 3 is 1.82 bits per heavy atom. The molecule has 1 saturated heterocycles. The van der Waals surface area contributed by atoms with Gasteiger partial charge in [0.05, 0.1) is 22.3 Å². The SMILES string of the molecule is CC1(C)OB(c2ccc(CCN3C(=O)c4ccccc4C3=O)cc2)OC1(C)C. The highest BCUT2D eigenvalue weighted by atomic mass is 16.7. The average molecular weight is 377 g/mol. The van der Waals surface area contributed by atoms with E-state index >= 15 is 0 Å². The number of rotatable bonds is 4. The molecule has 2 aromatic carbocycles. The normalized spacial score (nSPS) is 20.0. The Morgan fingerprint density at radius 2 is 1.32 bits per heavy atom. The number of benzene rings is 2. The summed E-state index contributed by atoms with van der Waals surface area (Å²) < 4.78 is 12.2. The van der Waals surface area contributed by atoms with Crippen LogP contribution in [0.3, 0.4) is 0 Å². The van der Waals surface area contributed by atoms with Crippen molar-refractivity contribution >= 4 is 24.4 Å². The van der Waals surface area contributed by atoms with Crippen LogP contribution in [0.15, 0.2) is 48.5 Å². The molecule has 0 saturated carbocycles. The molecule has 0 bridgehead atoms. The van der Waals surface area contributed by atoms with E-state index in [0.717, 1.165) is 11.0 Å². The summed E-state index contributed by atoms with van der Waals surface area (Å²) >= 11 is 0. The summed E-state index contributed by atoms with van der Waals surface area (Å²) in [5.41, 5.74) is 2.25. The smallest absolute Gasteiger partial charge is 0.399 e. The number of amides is 2. The zero-order valence-corrected chi connectivity index (χ0v) is 16.7. The Balaban J connectivity index is 1.41. The van der Waals surface area contributed by atoms with Gasteiger partial charge in [-0.05, 0) is 57.3 Å². The van der Waals surface area contributed by atoms with Gasteiger partial charge in [0.1, 0.15) is 0 Å². The van der Waals surface area contributed by atoms with Gasteiger partial charge in [-0.1, -0.05) is 36.4 Å². The Morgan fingerprint density at radius 1 is 0.821 bits per heavy atom. The molecule has 0 spiro atoms. The second-order valence-electron chi connectivity index (χ2n) is 8.39. The third-order valence-electron chi connectivity index (χ3n) is 6.01. The minimum atomic E-state index is -0.393. The molecule has 2 aliphatic heterocycles. The molecular formula is C22H24BNO4. The first-order valence-electron chi connectivity index (χ1n) is 9.59. The molecule has 2 aliphatic rings. The third kappa shape index (κ3) is 3.07. The van der Waals surface area contributed by atoms with Gasteiger partial charge < -0.3 is 9.31 Å². The molecule has 0 aromatic heterocycles. The van der Waals surface area contributed by atoms with Gasteiger partial charge in [0.2, 0.25) is 0 Å². The van der Waals surface area contributed by atoms with E-state index in [4.69, 9.17) is 9.31 Å². The number of carbonyl (C=O) groups is 2. The summed E-state index contributed by atoms with van der Waals surface area (Å²) in [4.78, 5) is 26.2. The standard InChI is InChI=1S/C22H24BNO4/c1-21(2)22(3,4)28-23(27-21)16-11-9-15(10-12-16)13-14-24-19(25)17-7-5-6-8-18(17)20(24)26/h5-12H,13-14H2,1-4H3. The van der Waals surface area contributed by atoms with Crippen molar-refractivity contribution in [2.45, 2.75) is 45.3 Å². The van der Waals surface area contributed by atoms with Crippen molar-refractivity contribution in [2.75, 3.05) is 6.54 Å². The van der Waals surface area contributed by atoms with Gasteiger partial charge in [0, 0.05) is 6.54 Å². The second kappa shape index (κ2) is 6.57. The van der Waals surface area contributed by atoms with Crippen LogP contribution in [0.5, 0.6) is 0 Å². The number of fused-ring (bicyclic) bond motifs is 1. The molecule has 144 valence electrons. The lowest BCUT2D eigenvalue weighted by molar-refractivity contribution is 0.00578. The fourth-order valence-electron chi connectivity index (χ4n) is 3.50. The molecule has 28 heavy (non-hydrogen) atoms. The van der Waals surface area contributed by atoms with Crippen LogP contribution in [0.2, 0.25) is 0 Å². The highest BCUT2D eigenvalue weighted by Gasteiger charge is 2.51. The van der Waals surface area contributed by atoms with Crippen LogP contribution in [0.4, 0.5) is 0 Å². The predicted molar refractivity (Wildman–Crippen MR) is 108 cm³/mol. The van der Waals surface area contributed by atoms with Crippen molar-refractivity contribution in [3.8, 4) is 0 Å². The third-order valence-corrected chi connectivity index (χ3v) is 6.01. The molecule has 0 atom stereocenters. The van der Waals surface area contributed by atoms with E-state index in [1.165, 1.54) is 4.90 Å². The largest absolute Gasteiger partial charge is 0.494 e. The van der Waals surface area contributed by atoms with Crippen molar-refractivity contribution in [2.24, 2.45) is 0 Å². The summed E-state index contributed by atoms with van der Waals surface area (Å²) in [5, 5.41) is 0. The van der Waals surface area contributed by atoms with Gasteiger partial charge >= 0.3 is 7.12 Å². The topological polar surface area (TPSA) is 55.8 Å². The van der Waals surface area contributed by atoms with Gasteiger partial charge in [0.25, 0.3) is 11.8 Å². The van der Waals surface area contributed by atoms with Gasteiger partial charge in [-0.15, -0.1) is 0 Å². The second-order valence-corrected chi connectivity index (χ2v) is 8.39. The van der Waals surface area contributed by atoms with Crippen molar-refractivity contribution in [1.29, 1.82) is 0 Å². The van der Waals surface area contributed by atoms with Gasteiger partial charge in [-0.25, -0.2) is 0 Å². The molecule has 2 aromatic rings. The first-order valence-corrected chi connectivity index (χ1v) is 9.59. The fraction of sp³-hybridized carbons (Fsp3) is 0.364. The number of hydrogen-bond donors (Lipinski definition) is 0. The van der Waals surface area contributed by atoms with Crippen molar-refractivity contribution in [3.05, 3.63) is 65.2 Å². The molecule has 0 unspecified atom stereocenters. The van der Waals surface area contributed by atoms with Gasteiger partial charge in [-0.3, -0.25) is 14.5 Å².